The highest BCUT2D eigenvalue weighted by Gasteiger charge is 2.13. The zero-order valence-corrected chi connectivity index (χ0v) is 14.8. The van der Waals surface area contributed by atoms with Crippen LogP contribution in [0, 0.1) is 5.41 Å². The van der Waals surface area contributed by atoms with Crippen molar-refractivity contribution in [3.05, 3.63) is 0 Å². The van der Waals surface area contributed by atoms with Gasteiger partial charge in [-0.15, -0.1) is 0 Å². The van der Waals surface area contributed by atoms with Gasteiger partial charge >= 0.3 is 0 Å². The van der Waals surface area contributed by atoms with Crippen LogP contribution < -0.4 is 0 Å². The van der Waals surface area contributed by atoms with Crippen LogP contribution in [0.25, 0.3) is 0 Å². The van der Waals surface area contributed by atoms with E-state index in [2.05, 4.69) is 25.7 Å². The Kier molecular flexibility index (Phi) is 9.54. The summed E-state index contributed by atoms with van der Waals surface area (Å²) in [7, 11) is 1.87. The first-order valence-electron chi connectivity index (χ1n) is 8.84. The zero-order chi connectivity index (χ0) is 15.6. The van der Waals surface area contributed by atoms with E-state index in [0.717, 1.165) is 26.3 Å². The molecule has 1 saturated heterocycles. The van der Waals surface area contributed by atoms with E-state index in [0.29, 0.717) is 11.5 Å². The summed E-state index contributed by atoms with van der Waals surface area (Å²) in [4.78, 5) is 2.53. The van der Waals surface area contributed by atoms with Crippen LogP contribution in [-0.4, -0.2) is 51.0 Å². The number of morpholine rings is 1. The predicted molar refractivity (Wildman–Crippen MR) is 89.8 cm³/mol. The highest BCUT2D eigenvalue weighted by atomic mass is 16.5. The lowest BCUT2D eigenvalue weighted by Crippen LogP contribution is -2.36. The third-order valence-corrected chi connectivity index (χ3v) is 4.39. The number of methoxy groups -OCH3 is 1. The van der Waals surface area contributed by atoms with E-state index in [1.54, 1.807) is 0 Å². The van der Waals surface area contributed by atoms with Crippen molar-refractivity contribution in [3.63, 3.8) is 0 Å². The molecule has 0 amide bonds. The van der Waals surface area contributed by atoms with Crippen LogP contribution >= 0.6 is 0 Å². The Morgan fingerprint density at radius 2 is 1.67 bits per heavy atom. The van der Waals surface area contributed by atoms with Gasteiger partial charge in [0, 0.05) is 20.2 Å². The van der Waals surface area contributed by atoms with E-state index in [4.69, 9.17) is 9.47 Å². The summed E-state index contributed by atoms with van der Waals surface area (Å²) in [6.45, 7) is 12.3. The smallest absolute Gasteiger partial charge is 0.0594 e. The largest absolute Gasteiger partial charge is 0.381 e. The van der Waals surface area contributed by atoms with E-state index >= 15 is 0 Å². The number of rotatable bonds is 10. The van der Waals surface area contributed by atoms with Crippen LogP contribution in [0.2, 0.25) is 0 Å². The van der Waals surface area contributed by atoms with Gasteiger partial charge in [-0.3, -0.25) is 4.90 Å². The lowest BCUT2D eigenvalue weighted by atomic mass is 9.89. The molecule has 1 fully saturated rings. The topological polar surface area (TPSA) is 21.7 Å². The minimum Gasteiger partial charge on any atom is -0.381 e. The van der Waals surface area contributed by atoms with Gasteiger partial charge in [-0.25, -0.2) is 0 Å². The Hall–Kier alpha value is -0.120. The maximum Gasteiger partial charge on any atom is 0.0594 e. The molecule has 1 rings (SSSR count). The molecule has 0 unspecified atom stereocenters. The normalized spacial score (nSPS) is 18.9. The molecular formula is C18H37NO2. The summed E-state index contributed by atoms with van der Waals surface area (Å²) in [6.07, 6.45) is 9.45. The van der Waals surface area contributed by atoms with Gasteiger partial charge in [0.25, 0.3) is 0 Å². The lowest BCUT2D eigenvalue weighted by molar-refractivity contribution is 0.0367. The number of hydrogen-bond acceptors (Lipinski definition) is 3. The SMILES string of the molecule is CO[C@H](CCCCCN1CCOCC1)CCCC(C)(C)C. The Morgan fingerprint density at radius 3 is 2.29 bits per heavy atom. The maximum atomic E-state index is 5.63. The molecule has 0 aliphatic carbocycles. The van der Waals surface area contributed by atoms with Crippen molar-refractivity contribution in [2.45, 2.75) is 71.8 Å². The first kappa shape index (κ1) is 18.9. The Morgan fingerprint density at radius 1 is 1.00 bits per heavy atom. The highest BCUT2D eigenvalue weighted by molar-refractivity contribution is 4.66. The van der Waals surface area contributed by atoms with E-state index in [-0.39, 0.29) is 0 Å². The molecule has 3 nitrogen and oxygen atoms in total. The number of hydrogen-bond donors (Lipinski definition) is 0. The van der Waals surface area contributed by atoms with Crippen LogP contribution in [0.3, 0.4) is 0 Å². The minimum atomic E-state index is 0.455. The number of nitrogens with zero attached hydrogens (tertiary/aromatic N) is 1. The predicted octanol–water partition coefficient (Wildman–Crippen LogP) is 4.11. The third kappa shape index (κ3) is 10.3. The third-order valence-electron chi connectivity index (χ3n) is 4.39. The second-order valence-electron chi connectivity index (χ2n) is 7.61. The molecule has 0 radical (unpaired) electrons. The first-order valence-corrected chi connectivity index (χ1v) is 8.84. The Bertz CT molecular complexity index is 244. The quantitative estimate of drug-likeness (QED) is 0.567. The van der Waals surface area contributed by atoms with Gasteiger partial charge in [0.2, 0.25) is 0 Å². The molecule has 1 aliphatic heterocycles. The van der Waals surface area contributed by atoms with Crippen molar-refractivity contribution in [2.75, 3.05) is 40.0 Å². The fraction of sp³-hybridized carbons (Fsp3) is 1.00. The number of ether oxygens (including phenoxy) is 2. The van der Waals surface area contributed by atoms with Gasteiger partial charge in [-0.05, 0) is 37.6 Å². The van der Waals surface area contributed by atoms with E-state index < -0.39 is 0 Å². The van der Waals surface area contributed by atoms with Crippen molar-refractivity contribution in [3.8, 4) is 0 Å². The van der Waals surface area contributed by atoms with E-state index in [1.165, 1.54) is 51.5 Å². The molecule has 0 bridgehead atoms. The van der Waals surface area contributed by atoms with Gasteiger partial charge in [0.1, 0.15) is 0 Å². The van der Waals surface area contributed by atoms with Crippen molar-refractivity contribution in [2.24, 2.45) is 5.41 Å². The van der Waals surface area contributed by atoms with E-state index in [9.17, 15) is 0 Å². The van der Waals surface area contributed by atoms with Gasteiger partial charge in [0.05, 0.1) is 19.3 Å². The maximum absolute atomic E-state index is 5.63. The second kappa shape index (κ2) is 10.6. The summed E-state index contributed by atoms with van der Waals surface area (Å²) in [5.74, 6) is 0. The molecule has 1 heterocycles. The molecule has 0 N–H and O–H groups in total. The molecular weight excluding hydrogens is 262 g/mol. The molecule has 0 aromatic rings. The van der Waals surface area contributed by atoms with Crippen molar-refractivity contribution >= 4 is 0 Å². The molecule has 1 aliphatic rings. The molecule has 21 heavy (non-hydrogen) atoms. The standard InChI is InChI=1S/C18H37NO2/c1-18(2,3)11-8-10-17(20-4)9-6-5-7-12-19-13-15-21-16-14-19/h17H,5-16H2,1-4H3/t17-/m1/s1. The zero-order valence-electron chi connectivity index (χ0n) is 14.8. The lowest BCUT2D eigenvalue weighted by Gasteiger charge is -2.26. The second-order valence-corrected chi connectivity index (χ2v) is 7.61. The first-order chi connectivity index (χ1) is 10.0. The molecule has 3 heteroatoms. The average Bonchev–Trinajstić information content (AvgIpc) is 2.45. The van der Waals surface area contributed by atoms with Crippen LogP contribution in [0.4, 0.5) is 0 Å². The summed E-state index contributed by atoms with van der Waals surface area (Å²) in [5.41, 5.74) is 0.455. The van der Waals surface area contributed by atoms with Gasteiger partial charge in [-0.1, -0.05) is 40.0 Å². The van der Waals surface area contributed by atoms with Gasteiger partial charge in [0.15, 0.2) is 0 Å². The van der Waals surface area contributed by atoms with Crippen molar-refractivity contribution < 1.29 is 9.47 Å². The summed E-state index contributed by atoms with van der Waals surface area (Å²) in [6, 6.07) is 0. The molecule has 0 saturated carbocycles. The van der Waals surface area contributed by atoms with Crippen LogP contribution in [-0.2, 0) is 9.47 Å². The molecule has 0 spiro atoms. The average molecular weight is 299 g/mol. The highest BCUT2D eigenvalue weighted by Crippen LogP contribution is 2.23. The summed E-state index contributed by atoms with van der Waals surface area (Å²) in [5, 5.41) is 0. The Balaban J connectivity index is 1.98. The molecule has 0 aromatic carbocycles. The monoisotopic (exact) mass is 299 g/mol. The van der Waals surface area contributed by atoms with Crippen molar-refractivity contribution in [1.82, 2.24) is 4.90 Å². The van der Waals surface area contributed by atoms with Gasteiger partial charge in [-0.2, -0.15) is 0 Å². The molecule has 126 valence electrons. The van der Waals surface area contributed by atoms with Crippen molar-refractivity contribution in [1.29, 1.82) is 0 Å². The fourth-order valence-electron chi connectivity index (χ4n) is 2.95. The summed E-state index contributed by atoms with van der Waals surface area (Å²) < 4.78 is 11.0. The molecule has 0 aromatic heterocycles. The van der Waals surface area contributed by atoms with Gasteiger partial charge < -0.3 is 9.47 Å². The Labute approximate surface area is 132 Å². The van der Waals surface area contributed by atoms with E-state index in [1.807, 2.05) is 7.11 Å². The molecule has 1 atom stereocenters. The van der Waals surface area contributed by atoms with Crippen LogP contribution in [0.1, 0.15) is 65.7 Å². The van der Waals surface area contributed by atoms with Crippen LogP contribution in [0.5, 0.6) is 0 Å². The summed E-state index contributed by atoms with van der Waals surface area (Å²) >= 11 is 0. The van der Waals surface area contributed by atoms with Crippen LogP contribution in [0.15, 0.2) is 0 Å². The fourth-order valence-corrected chi connectivity index (χ4v) is 2.95. The number of unbranched alkanes of at least 4 members (excludes halogenated alkanes) is 2. The minimum absolute atomic E-state index is 0.455.